The molecule has 0 saturated carbocycles. The topological polar surface area (TPSA) is 61.0 Å². The van der Waals surface area contributed by atoms with Gasteiger partial charge in [-0.1, -0.05) is 24.3 Å². The first-order valence-electron chi connectivity index (χ1n) is 6.49. The van der Waals surface area contributed by atoms with Crippen LogP contribution in [0.15, 0.2) is 48.7 Å². The Morgan fingerprint density at radius 3 is 2.71 bits per heavy atom. The maximum Gasteiger partial charge on any atom is 0.323 e. The van der Waals surface area contributed by atoms with Gasteiger partial charge in [0, 0.05) is 17.6 Å². The summed E-state index contributed by atoms with van der Waals surface area (Å²) in [5.74, 6) is 0.0780. The van der Waals surface area contributed by atoms with Gasteiger partial charge in [0.25, 0.3) is 0 Å². The van der Waals surface area contributed by atoms with Gasteiger partial charge in [-0.3, -0.25) is 4.98 Å². The van der Waals surface area contributed by atoms with Gasteiger partial charge in [0.05, 0.1) is 12.6 Å². The summed E-state index contributed by atoms with van der Waals surface area (Å²) in [6.45, 7) is 0. The van der Waals surface area contributed by atoms with Crippen molar-refractivity contribution in [3.05, 3.63) is 70.0 Å². The summed E-state index contributed by atoms with van der Waals surface area (Å²) < 4.78 is 1.56. The van der Waals surface area contributed by atoms with E-state index in [9.17, 15) is 10.1 Å². The van der Waals surface area contributed by atoms with Crippen LogP contribution in [0.1, 0.15) is 11.3 Å². The molecule has 5 heteroatoms. The maximum atomic E-state index is 10.8. The Hall–Kier alpha value is -2.95. The Bertz CT molecular complexity index is 844. The molecule has 3 rings (SSSR count). The molecule has 0 aliphatic heterocycles. The summed E-state index contributed by atoms with van der Waals surface area (Å²) in [4.78, 5) is 14.8. The summed E-state index contributed by atoms with van der Waals surface area (Å²) in [5.41, 5.74) is 2.74. The predicted molar refractivity (Wildman–Crippen MR) is 82.7 cm³/mol. The van der Waals surface area contributed by atoms with Crippen molar-refractivity contribution in [2.75, 3.05) is 0 Å². The molecule has 2 aromatic heterocycles. The number of aromatic nitrogens is 2. The van der Waals surface area contributed by atoms with Crippen LogP contribution in [0.3, 0.4) is 0 Å². The van der Waals surface area contributed by atoms with Gasteiger partial charge >= 0.3 is 5.82 Å². The van der Waals surface area contributed by atoms with E-state index in [0.29, 0.717) is 0 Å². The first-order chi connectivity index (χ1) is 10.2. The lowest BCUT2D eigenvalue weighted by Crippen LogP contribution is -1.98. The van der Waals surface area contributed by atoms with E-state index in [2.05, 4.69) is 4.98 Å². The lowest BCUT2D eigenvalue weighted by molar-refractivity contribution is -0.391. The predicted octanol–water partition coefficient (Wildman–Crippen LogP) is 3.65. The van der Waals surface area contributed by atoms with Crippen molar-refractivity contribution < 1.29 is 4.92 Å². The molecular weight excluding hydrogens is 266 g/mol. The van der Waals surface area contributed by atoms with Crippen LogP contribution in [0, 0.1) is 10.1 Å². The quantitative estimate of drug-likeness (QED) is 0.543. The molecule has 104 valence electrons. The standard InChI is InChI=1S/C16H13N3O2/c1-18-13(8-9-16(18)19(20)21)7-6-12-10-11-17-15-5-3-2-4-14(12)15/h2-11H,1H3. The molecule has 2 heterocycles. The van der Waals surface area contributed by atoms with E-state index in [1.807, 2.05) is 42.5 Å². The van der Waals surface area contributed by atoms with E-state index in [-0.39, 0.29) is 10.7 Å². The molecule has 0 radical (unpaired) electrons. The number of hydrogen-bond donors (Lipinski definition) is 0. The number of nitrogens with zero attached hydrogens (tertiary/aromatic N) is 3. The normalized spacial score (nSPS) is 11.3. The minimum atomic E-state index is -0.390. The Kier molecular flexibility index (Phi) is 3.23. The van der Waals surface area contributed by atoms with E-state index in [0.717, 1.165) is 22.2 Å². The molecule has 0 atom stereocenters. The zero-order valence-electron chi connectivity index (χ0n) is 11.4. The molecular formula is C16H13N3O2. The average molecular weight is 279 g/mol. The van der Waals surface area contributed by atoms with Crippen LogP contribution in [-0.2, 0) is 7.05 Å². The number of para-hydroxylation sites is 1. The molecule has 0 amide bonds. The van der Waals surface area contributed by atoms with Crippen molar-refractivity contribution in [1.29, 1.82) is 0 Å². The van der Waals surface area contributed by atoms with E-state index < -0.39 is 0 Å². The van der Waals surface area contributed by atoms with E-state index >= 15 is 0 Å². The van der Waals surface area contributed by atoms with Crippen molar-refractivity contribution in [2.24, 2.45) is 7.05 Å². The third-order valence-corrected chi connectivity index (χ3v) is 3.44. The van der Waals surface area contributed by atoms with Gasteiger partial charge in [-0.2, -0.15) is 0 Å². The molecule has 0 spiro atoms. The number of hydrogen-bond acceptors (Lipinski definition) is 3. The van der Waals surface area contributed by atoms with Crippen LogP contribution in [0.25, 0.3) is 23.1 Å². The SMILES string of the molecule is Cn1c(C=Cc2ccnc3ccccc23)ccc1[N+](=O)[O-]. The van der Waals surface area contributed by atoms with Crippen molar-refractivity contribution in [3.63, 3.8) is 0 Å². The fourth-order valence-electron chi connectivity index (χ4n) is 2.30. The molecule has 0 bridgehead atoms. The summed E-state index contributed by atoms with van der Waals surface area (Å²) in [6, 6.07) is 13.0. The first kappa shape index (κ1) is 13.1. The Labute approximate surface area is 121 Å². The smallest absolute Gasteiger partial charge is 0.323 e. The highest BCUT2D eigenvalue weighted by molar-refractivity contribution is 5.90. The monoisotopic (exact) mass is 279 g/mol. The molecule has 1 aromatic carbocycles. The van der Waals surface area contributed by atoms with Gasteiger partial charge in [-0.05, 0) is 34.8 Å². The highest BCUT2D eigenvalue weighted by Gasteiger charge is 2.12. The van der Waals surface area contributed by atoms with E-state index in [1.54, 1.807) is 23.9 Å². The van der Waals surface area contributed by atoms with Gasteiger partial charge in [-0.15, -0.1) is 0 Å². The number of nitro groups is 1. The van der Waals surface area contributed by atoms with E-state index in [1.165, 1.54) is 6.07 Å². The summed E-state index contributed by atoms with van der Waals surface area (Å²) in [6.07, 6.45) is 5.58. The second kappa shape index (κ2) is 5.20. The van der Waals surface area contributed by atoms with Crippen molar-refractivity contribution >= 4 is 28.9 Å². The number of pyridine rings is 1. The van der Waals surface area contributed by atoms with Gasteiger partial charge in [0.1, 0.15) is 5.69 Å². The Morgan fingerprint density at radius 2 is 1.95 bits per heavy atom. The first-order valence-corrected chi connectivity index (χ1v) is 6.49. The van der Waals surface area contributed by atoms with Gasteiger partial charge in [0.15, 0.2) is 0 Å². The second-order valence-electron chi connectivity index (χ2n) is 4.68. The molecule has 0 fully saturated rings. The van der Waals surface area contributed by atoms with Crippen LogP contribution in [0.5, 0.6) is 0 Å². The minimum absolute atomic E-state index is 0.0780. The number of rotatable bonds is 3. The zero-order valence-corrected chi connectivity index (χ0v) is 11.4. The van der Waals surface area contributed by atoms with Crippen molar-refractivity contribution in [2.45, 2.75) is 0 Å². The lowest BCUT2D eigenvalue weighted by Gasteiger charge is -2.00. The fraction of sp³-hybridized carbons (Fsp3) is 0.0625. The Balaban J connectivity index is 2.01. The van der Waals surface area contributed by atoms with Gasteiger partial charge in [0.2, 0.25) is 0 Å². The molecule has 0 aliphatic rings. The molecule has 0 unspecified atom stereocenters. The zero-order chi connectivity index (χ0) is 14.8. The molecule has 21 heavy (non-hydrogen) atoms. The minimum Gasteiger partial charge on any atom is -0.358 e. The molecule has 0 aliphatic carbocycles. The van der Waals surface area contributed by atoms with Crippen molar-refractivity contribution in [3.8, 4) is 0 Å². The third-order valence-electron chi connectivity index (χ3n) is 3.44. The summed E-state index contributed by atoms with van der Waals surface area (Å²) >= 11 is 0. The van der Waals surface area contributed by atoms with Crippen LogP contribution in [0.4, 0.5) is 5.82 Å². The largest absolute Gasteiger partial charge is 0.358 e. The number of benzene rings is 1. The average Bonchev–Trinajstić information content (AvgIpc) is 2.86. The van der Waals surface area contributed by atoms with Crippen LogP contribution >= 0.6 is 0 Å². The molecule has 5 nitrogen and oxygen atoms in total. The summed E-state index contributed by atoms with van der Waals surface area (Å²) in [7, 11) is 1.68. The maximum absolute atomic E-state index is 10.8. The number of fused-ring (bicyclic) bond motifs is 1. The van der Waals surface area contributed by atoms with Gasteiger partial charge < -0.3 is 10.1 Å². The Morgan fingerprint density at radius 1 is 1.14 bits per heavy atom. The lowest BCUT2D eigenvalue weighted by atomic mass is 10.1. The van der Waals surface area contributed by atoms with Gasteiger partial charge in [-0.25, -0.2) is 4.57 Å². The molecule has 3 aromatic rings. The van der Waals surface area contributed by atoms with E-state index in [4.69, 9.17) is 0 Å². The molecule has 0 N–H and O–H groups in total. The highest BCUT2D eigenvalue weighted by Crippen LogP contribution is 2.20. The molecule has 0 saturated heterocycles. The van der Waals surface area contributed by atoms with Crippen LogP contribution < -0.4 is 0 Å². The van der Waals surface area contributed by atoms with Crippen LogP contribution in [0.2, 0.25) is 0 Å². The van der Waals surface area contributed by atoms with Crippen molar-refractivity contribution in [1.82, 2.24) is 9.55 Å². The second-order valence-corrected chi connectivity index (χ2v) is 4.68. The van der Waals surface area contributed by atoms with Crippen LogP contribution in [-0.4, -0.2) is 14.5 Å². The fourth-order valence-corrected chi connectivity index (χ4v) is 2.30. The highest BCUT2D eigenvalue weighted by atomic mass is 16.6. The summed E-state index contributed by atoms with van der Waals surface area (Å²) in [5, 5.41) is 11.9. The third kappa shape index (κ3) is 2.41.